The molecule has 0 bridgehead atoms. The lowest BCUT2D eigenvalue weighted by atomic mass is 10.1. The van der Waals surface area contributed by atoms with Crippen molar-refractivity contribution >= 4 is 61.8 Å². The highest BCUT2D eigenvalue weighted by Gasteiger charge is 2.36. The SMILES string of the molecule is NC(=S)C1CCCCN1S(=O)(=O)c1cc(Cl)sc1Cl. The fourth-order valence-electron chi connectivity index (χ4n) is 2.10. The monoisotopic (exact) mass is 358 g/mol. The van der Waals surface area contributed by atoms with Crippen molar-refractivity contribution in [3.63, 3.8) is 0 Å². The van der Waals surface area contributed by atoms with Crippen LogP contribution in [0.1, 0.15) is 19.3 Å². The van der Waals surface area contributed by atoms with Crippen LogP contribution < -0.4 is 5.73 Å². The Balaban J connectivity index is 2.43. The zero-order valence-corrected chi connectivity index (χ0v) is 13.8. The molecule has 19 heavy (non-hydrogen) atoms. The molecule has 2 rings (SSSR count). The number of rotatable bonds is 3. The van der Waals surface area contributed by atoms with Crippen molar-refractivity contribution in [1.29, 1.82) is 0 Å². The molecular formula is C10H12Cl2N2O2S3. The van der Waals surface area contributed by atoms with E-state index in [1.54, 1.807) is 0 Å². The van der Waals surface area contributed by atoms with Crippen molar-refractivity contribution in [2.45, 2.75) is 30.2 Å². The van der Waals surface area contributed by atoms with Crippen molar-refractivity contribution in [1.82, 2.24) is 4.31 Å². The van der Waals surface area contributed by atoms with Gasteiger partial charge in [0.2, 0.25) is 10.0 Å². The van der Waals surface area contributed by atoms with Crippen molar-refractivity contribution in [2.24, 2.45) is 5.73 Å². The molecule has 0 spiro atoms. The Hall–Kier alpha value is 0.0800. The van der Waals surface area contributed by atoms with Gasteiger partial charge in [-0.15, -0.1) is 11.3 Å². The summed E-state index contributed by atoms with van der Waals surface area (Å²) in [6, 6.07) is 0.929. The Morgan fingerprint density at radius 2 is 2.16 bits per heavy atom. The number of thiophene rings is 1. The Labute approximate surface area is 131 Å². The van der Waals surface area contributed by atoms with Gasteiger partial charge in [-0.2, -0.15) is 4.31 Å². The van der Waals surface area contributed by atoms with E-state index < -0.39 is 16.1 Å². The Morgan fingerprint density at radius 3 is 2.68 bits per heavy atom. The minimum Gasteiger partial charge on any atom is -0.392 e. The molecule has 1 atom stereocenters. The molecule has 1 unspecified atom stereocenters. The molecule has 106 valence electrons. The summed E-state index contributed by atoms with van der Waals surface area (Å²) in [6.07, 6.45) is 2.34. The smallest absolute Gasteiger partial charge is 0.246 e. The van der Waals surface area contributed by atoms with Gasteiger partial charge in [0.1, 0.15) is 9.23 Å². The molecule has 2 heterocycles. The molecule has 2 N–H and O–H groups in total. The normalized spacial score (nSPS) is 21.5. The highest BCUT2D eigenvalue weighted by atomic mass is 35.5. The van der Waals surface area contributed by atoms with Crippen LogP contribution in [0.3, 0.4) is 0 Å². The summed E-state index contributed by atoms with van der Waals surface area (Å²) in [5, 5.41) is 0. The van der Waals surface area contributed by atoms with Gasteiger partial charge in [-0.3, -0.25) is 0 Å². The lowest BCUT2D eigenvalue weighted by molar-refractivity contribution is 0.306. The van der Waals surface area contributed by atoms with Gasteiger partial charge in [-0.05, 0) is 18.9 Å². The zero-order chi connectivity index (χ0) is 14.2. The highest BCUT2D eigenvalue weighted by molar-refractivity contribution is 7.89. The second-order valence-electron chi connectivity index (χ2n) is 4.22. The molecule has 0 radical (unpaired) electrons. The number of nitrogens with zero attached hydrogens (tertiary/aromatic N) is 1. The summed E-state index contributed by atoms with van der Waals surface area (Å²) < 4.78 is 27.1. The average molecular weight is 359 g/mol. The molecule has 0 aliphatic carbocycles. The maximum absolute atomic E-state index is 12.6. The largest absolute Gasteiger partial charge is 0.392 e. The van der Waals surface area contributed by atoms with E-state index in [1.807, 2.05) is 0 Å². The predicted octanol–water partition coefficient (Wildman–Crippen LogP) is 2.88. The molecule has 1 aliphatic rings. The summed E-state index contributed by atoms with van der Waals surface area (Å²) in [5.41, 5.74) is 5.64. The second-order valence-corrected chi connectivity index (χ2v) is 8.83. The average Bonchev–Trinajstić information content (AvgIpc) is 2.69. The quantitative estimate of drug-likeness (QED) is 0.843. The molecule has 4 nitrogen and oxygen atoms in total. The number of hydrogen-bond acceptors (Lipinski definition) is 4. The van der Waals surface area contributed by atoms with Gasteiger partial charge in [-0.25, -0.2) is 8.42 Å². The van der Waals surface area contributed by atoms with Gasteiger partial charge in [0.15, 0.2) is 0 Å². The van der Waals surface area contributed by atoms with E-state index in [2.05, 4.69) is 0 Å². The van der Waals surface area contributed by atoms with Crippen LogP contribution in [0.5, 0.6) is 0 Å². The fourth-order valence-corrected chi connectivity index (χ4v) is 6.21. The van der Waals surface area contributed by atoms with Crippen molar-refractivity contribution in [2.75, 3.05) is 6.54 Å². The predicted molar refractivity (Wildman–Crippen MR) is 82.7 cm³/mol. The van der Waals surface area contributed by atoms with E-state index in [0.717, 1.165) is 24.2 Å². The molecule has 1 aromatic heterocycles. The molecule has 1 fully saturated rings. The summed E-state index contributed by atoms with van der Waals surface area (Å²) >= 11 is 17.7. The maximum Gasteiger partial charge on any atom is 0.246 e. The second kappa shape index (κ2) is 5.83. The highest BCUT2D eigenvalue weighted by Crippen LogP contribution is 2.37. The first-order chi connectivity index (χ1) is 8.84. The van der Waals surface area contributed by atoms with Gasteiger partial charge in [0, 0.05) is 6.54 Å². The summed E-state index contributed by atoms with van der Waals surface area (Å²) in [4.78, 5) is 0.230. The molecule has 0 amide bonds. The van der Waals surface area contributed by atoms with Crippen LogP contribution in [-0.4, -0.2) is 30.3 Å². The number of halogens is 2. The number of thiocarbonyl (C=S) groups is 1. The van der Waals surface area contributed by atoms with Crippen LogP contribution in [0, 0.1) is 0 Å². The van der Waals surface area contributed by atoms with Crippen LogP contribution in [0.25, 0.3) is 0 Å². The standard InChI is InChI=1S/C10H12Cl2N2O2S3/c11-8-5-7(9(12)18-8)19(15,16)14-4-2-1-3-6(14)10(13)17/h5-6H,1-4H2,(H2,13,17). The van der Waals surface area contributed by atoms with Gasteiger partial charge in [0.05, 0.1) is 15.4 Å². The van der Waals surface area contributed by atoms with Gasteiger partial charge in [0.25, 0.3) is 0 Å². The molecule has 1 aromatic rings. The Kier molecular flexibility index (Phi) is 4.75. The number of piperidine rings is 1. The molecule has 0 saturated carbocycles. The molecule has 1 aliphatic heterocycles. The van der Waals surface area contributed by atoms with Crippen LogP contribution in [-0.2, 0) is 10.0 Å². The van der Waals surface area contributed by atoms with E-state index in [1.165, 1.54) is 10.4 Å². The Morgan fingerprint density at radius 1 is 1.47 bits per heavy atom. The minimum atomic E-state index is -3.71. The van der Waals surface area contributed by atoms with Crippen LogP contribution in [0.2, 0.25) is 8.67 Å². The van der Waals surface area contributed by atoms with E-state index in [4.69, 9.17) is 41.2 Å². The van der Waals surface area contributed by atoms with E-state index >= 15 is 0 Å². The van der Waals surface area contributed by atoms with Crippen LogP contribution in [0.15, 0.2) is 11.0 Å². The lowest BCUT2D eigenvalue weighted by Crippen LogP contribution is -2.49. The molecule has 1 saturated heterocycles. The van der Waals surface area contributed by atoms with Gasteiger partial charge < -0.3 is 5.73 Å². The summed E-state index contributed by atoms with van der Waals surface area (Å²) in [7, 11) is -3.71. The zero-order valence-electron chi connectivity index (χ0n) is 9.80. The number of hydrogen-bond donors (Lipinski definition) is 1. The maximum atomic E-state index is 12.6. The molecule has 0 aromatic carbocycles. The third kappa shape index (κ3) is 3.06. The molecule has 9 heteroatoms. The number of nitrogens with two attached hydrogens (primary N) is 1. The minimum absolute atomic E-state index is 0.0346. The fraction of sp³-hybridized carbons (Fsp3) is 0.500. The van der Waals surface area contributed by atoms with Crippen molar-refractivity contribution in [3.05, 3.63) is 14.7 Å². The first-order valence-corrected chi connectivity index (χ1v) is 9.02. The first kappa shape index (κ1) is 15.5. The Bertz CT molecular complexity index is 600. The summed E-state index contributed by atoms with van der Waals surface area (Å²) in [5.74, 6) is 0. The van der Waals surface area contributed by atoms with Gasteiger partial charge in [-0.1, -0.05) is 41.8 Å². The van der Waals surface area contributed by atoms with E-state index in [0.29, 0.717) is 17.3 Å². The topological polar surface area (TPSA) is 63.4 Å². The van der Waals surface area contributed by atoms with Crippen LogP contribution in [0.4, 0.5) is 0 Å². The molecular weight excluding hydrogens is 347 g/mol. The van der Waals surface area contributed by atoms with Crippen molar-refractivity contribution < 1.29 is 8.42 Å². The first-order valence-electron chi connectivity index (χ1n) is 5.60. The van der Waals surface area contributed by atoms with E-state index in [-0.39, 0.29) is 14.2 Å². The van der Waals surface area contributed by atoms with Gasteiger partial charge >= 0.3 is 0 Å². The van der Waals surface area contributed by atoms with Crippen LogP contribution >= 0.6 is 46.8 Å². The van der Waals surface area contributed by atoms with E-state index in [9.17, 15) is 8.42 Å². The third-order valence-corrected chi connectivity index (χ3v) is 6.93. The third-order valence-electron chi connectivity index (χ3n) is 2.99. The lowest BCUT2D eigenvalue weighted by Gasteiger charge is -2.33. The number of sulfonamides is 1. The summed E-state index contributed by atoms with van der Waals surface area (Å²) in [6.45, 7) is 0.397. The van der Waals surface area contributed by atoms with Crippen molar-refractivity contribution in [3.8, 4) is 0 Å².